The van der Waals surface area contributed by atoms with Crippen molar-refractivity contribution in [1.82, 2.24) is 10.2 Å². The van der Waals surface area contributed by atoms with Gasteiger partial charge in [0.15, 0.2) is 0 Å². The van der Waals surface area contributed by atoms with Crippen molar-refractivity contribution in [3.8, 4) is 0 Å². The van der Waals surface area contributed by atoms with Crippen LogP contribution in [0.3, 0.4) is 0 Å². The van der Waals surface area contributed by atoms with Crippen LogP contribution in [0.4, 0.5) is 6.01 Å². The van der Waals surface area contributed by atoms with E-state index >= 15 is 0 Å². The van der Waals surface area contributed by atoms with Gasteiger partial charge in [-0.1, -0.05) is 5.10 Å². The van der Waals surface area contributed by atoms with Crippen LogP contribution in [0.1, 0.15) is 26.7 Å². The summed E-state index contributed by atoms with van der Waals surface area (Å²) in [5.41, 5.74) is 5.02. The summed E-state index contributed by atoms with van der Waals surface area (Å²) in [6.07, 6.45) is 0. The minimum atomic E-state index is -0.205. The number of hydrogen-bond acceptors (Lipinski definition) is 5. The number of nitrogens with two attached hydrogens (primary N) is 1. The van der Waals surface area contributed by atoms with E-state index in [4.69, 9.17) is 14.9 Å². The predicted octanol–water partition coefficient (Wildman–Crippen LogP) is 0.967. The number of rotatable bonds is 2. The zero-order valence-corrected chi connectivity index (χ0v) is 7.50. The summed E-state index contributed by atoms with van der Waals surface area (Å²) in [4.78, 5) is 0. The van der Waals surface area contributed by atoms with Crippen LogP contribution in [0.5, 0.6) is 0 Å². The van der Waals surface area contributed by atoms with E-state index in [-0.39, 0.29) is 11.6 Å². The minimum Gasteiger partial charge on any atom is -0.406 e. The molecular formula is C7H13N3O2. The van der Waals surface area contributed by atoms with E-state index in [9.17, 15) is 0 Å². The van der Waals surface area contributed by atoms with Crippen LogP contribution in [0.25, 0.3) is 0 Å². The average Bonchev–Trinajstić information content (AvgIpc) is 2.30. The van der Waals surface area contributed by atoms with Gasteiger partial charge in [0.25, 0.3) is 0 Å². The van der Waals surface area contributed by atoms with Gasteiger partial charge in [-0.25, -0.2) is 0 Å². The van der Waals surface area contributed by atoms with Crippen molar-refractivity contribution in [2.24, 2.45) is 0 Å². The number of ether oxygens (including phenoxy) is 1. The number of anilines is 1. The molecule has 1 heterocycles. The van der Waals surface area contributed by atoms with E-state index in [0.29, 0.717) is 12.5 Å². The second-order valence-corrected chi connectivity index (χ2v) is 3.44. The molecule has 0 saturated heterocycles. The molecule has 2 N–H and O–H groups in total. The first-order valence-corrected chi connectivity index (χ1v) is 3.69. The number of aromatic nitrogens is 2. The average molecular weight is 171 g/mol. The molecule has 0 aliphatic carbocycles. The van der Waals surface area contributed by atoms with E-state index in [0.717, 1.165) is 0 Å². The van der Waals surface area contributed by atoms with E-state index < -0.39 is 0 Å². The molecule has 0 fully saturated rings. The molecule has 1 rings (SSSR count). The summed E-state index contributed by atoms with van der Waals surface area (Å²) < 4.78 is 10.3. The fourth-order valence-corrected chi connectivity index (χ4v) is 0.603. The zero-order valence-electron chi connectivity index (χ0n) is 7.50. The Morgan fingerprint density at radius 2 is 2.08 bits per heavy atom. The molecule has 0 saturated carbocycles. The third-order valence-corrected chi connectivity index (χ3v) is 1.11. The quantitative estimate of drug-likeness (QED) is 0.717. The van der Waals surface area contributed by atoms with Gasteiger partial charge >= 0.3 is 6.01 Å². The van der Waals surface area contributed by atoms with Crippen molar-refractivity contribution in [2.75, 3.05) is 5.73 Å². The van der Waals surface area contributed by atoms with Crippen LogP contribution in [-0.4, -0.2) is 15.8 Å². The first-order valence-electron chi connectivity index (χ1n) is 3.69. The molecule has 0 unspecified atom stereocenters. The SMILES string of the molecule is CC(C)(C)OCc1nnc(N)o1. The van der Waals surface area contributed by atoms with Crippen LogP contribution < -0.4 is 5.73 Å². The summed E-state index contributed by atoms with van der Waals surface area (Å²) in [5.74, 6) is 0.405. The van der Waals surface area contributed by atoms with Gasteiger partial charge in [0.1, 0.15) is 6.61 Å². The van der Waals surface area contributed by atoms with Crippen LogP contribution >= 0.6 is 0 Å². The molecule has 0 aromatic carbocycles. The Balaban J connectivity index is 2.44. The maximum atomic E-state index is 5.38. The number of nitrogens with zero attached hydrogens (tertiary/aromatic N) is 2. The lowest BCUT2D eigenvalue weighted by molar-refractivity contribution is -0.0241. The van der Waals surface area contributed by atoms with Gasteiger partial charge in [0.05, 0.1) is 5.60 Å². The van der Waals surface area contributed by atoms with Gasteiger partial charge in [-0.2, -0.15) is 0 Å². The molecule has 0 radical (unpaired) electrons. The highest BCUT2D eigenvalue weighted by atomic mass is 16.5. The van der Waals surface area contributed by atoms with Crippen LogP contribution in [0.2, 0.25) is 0 Å². The standard InChI is InChI=1S/C7H13N3O2/c1-7(2,3)11-4-5-9-10-6(8)12-5/h4H2,1-3H3,(H2,8,10). The van der Waals surface area contributed by atoms with Gasteiger partial charge in [0.2, 0.25) is 5.89 Å². The Bertz CT molecular complexity index is 251. The maximum absolute atomic E-state index is 5.38. The lowest BCUT2D eigenvalue weighted by Gasteiger charge is -2.17. The smallest absolute Gasteiger partial charge is 0.312 e. The maximum Gasteiger partial charge on any atom is 0.312 e. The molecule has 12 heavy (non-hydrogen) atoms. The van der Waals surface area contributed by atoms with Gasteiger partial charge in [-0.15, -0.1) is 5.10 Å². The van der Waals surface area contributed by atoms with Crippen molar-refractivity contribution in [1.29, 1.82) is 0 Å². The minimum absolute atomic E-state index is 0.0718. The van der Waals surface area contributed by atoms with E-state index in [1.807, 2.05) is 20.8 Å². The van der Waals surface area contributed by atoms with Crippen molar-refractivity contribution in [3.63, 3.8) is 0 Å². The van der Waals surface area contributed by atoms with Gasteiger partial charge in [-0.05, 0) is 20.8 Å². The lowest BCUT2D eigenvalue weighted by atomic mass is 10.2. The molecular weight excluding hydrogens is 158 g/mol. The molecule has 0 spiro atoms. The Kier molecular flexibility index (Phi) is 2.32. The molecule has 0 amide bonds. The summed E-state index contributed by atoms with van der Waals surface area (Å²) in [6.45, 7) is 6.15. The monoisotopic (exact) mass is 171 g/mol. The van der Waals surface area contributed by atoms with E-state index in [2.05, 4.69) is 10.2 Å². The summed E-state index contributed by atoms with van der Waals surface area (Å²) in [7, 11) is 0. The second-order valence-electron chi connectivity index (χ2n) is 3.44. The van der Waals surface area contributed by atoms with Crippen molar-refractivity contribution in [3.05, 3.63) is 5.89 Å². The second kappa shape index (κ2) is 3.10. The van der Waals surface area contributed by atoms with Crippen molar-refractivity contribution < 1.29 is 9.15 Å². The Morgan fingerprint density at radius 1 is 1.42 bits per heavy atom. The van der Waals surface area contributed by atoms with Crippen LogP contribution in [0.15, 0.2) is 4.42 Å². The first-order chi connectivity index (χ1) is 5.47. The largest absolute Gasteiger partial charge is 0.406 e. The predicted molar refractivity (Wildman–Crippen MR) is 43.3 cm³/mol. The van der Waals surface area contributed by atoms with Gasteiger partial charge in [-0.3, -0.25) is 0 Å². The highest BCUT2D eigenvalue weighted by Crippen LogP contribution is 2.11. The third kappa shape index (κ3) is 2.87. The van der Waals surface area contributed by atoms with E-state index in [1.165, 1.54) is 0 Å². The fraction of sp³-hybridized carbons (Fsp3) is 0.714. The molecule has 1 aromatic heterocycles. The normalized spacial score (nSPS) is 11.9. The molecule has 68 valence electrons. The Labute approximate surface area is 70.9 Å². The molecule has 1 aromatic rings. The first kappa shape index (κ1) is 8.99. The highest BCUT2D eigenvalue weighted by molar-refractivity contribution is 5.04. The number of hydrogen-bond donors (Lipinski definition) is 1. The molecule has 5 nitrogen and oxygen atoms in total. The summed E-state index contributed by atoms with van der Waals surface area (Å²) >= 11 is 0. The molecule has 0 aliphatic heterocycles. The van der Waals surface area contributed by atoms with E-state index in [1.54, 1.807) is 0 Å². The van der Waals surface area contributed by atoms with Gasteiger partial charge in [0, 0.05) is 0 Å². The number of nitrogen functional groups attached to an aromatic ring is 1. The van der Waals surface area contributed by atoms with Crippen molar-refractivity contribution in [2.45, 2.75) is 33.0 Å². The Hall–Kier alpha value is -1.10. The molecule has 0 atom stereocenters. The topological polar surface area (TPSA) is 74.2 Å². The zero-order chi connectivity index (χ0) is 9.19. The summed E-state index contributed by atoms with van der Waals surface area (Å²) in [5, 5.41) is 7.15. The summed E-state index contributed by atoms with van der Waals surface area (Å²) in [6, 6.07) is 0.0718. The third-order valence-electron chi connectivity index (χ3n) is 1.11. The molecule has 0 bridgehead atoms. The van der Waals surface area contributed by atoms with Crippen LogP contribution in [0, 0.1) is 0 Å². The van der Waals surface area contributed by atoms with Gasteiger partial charge < -0.3 is 14.9 Å². The molecule has 5 heteroatoms. The fourth-order valence-electron chi connectivity index (χ4n) is 0.603. The highest BCUT2D eigenvalue weighted by Gasteiger charge is 2.12. The molecule has 0 aliphatic rings. The van der Waals surface area contributed by atoms with Crippen LogP contribution in [-0.2, 0) is 11.3 Å². The Morgan fingerprint density at radius 3 is 2.50 bits per heavy atom. The van der Waals surface area contributed by atoms with Crippen molar-refractivity contribution >= 4 is 6.01 Å². The lowest BCUT2D eigenvalue weighted by Crippen LogP contribution is -2.18.